The van der Waals surface area contributed by atoms with E-state index < -0.39 is 17.7 Å². The van der Waals surface area contributed by atoms with Gasteiger partial charge in [-0.05, 0) is 42.0 Å². The van der Waals surface area contributed by atoms with Gasteiger partial charge in [0.25, 0.3) is 5.91 Å². The molecule has 0 aliphatic rings. The molecule has 0 atom stereocenters. The molecule has 0 spiro atoms. The molecule has 3 aromatic carbocycles. The van der Waals surface area contributed by atoms with Gasteiger partial charge in [0.05, 0.1) is 17.5 Å². The number of anilines is 2. The average Bonchev–Trinajstić information content (AvgIpc) is 2.76. The first-order chi connectivity index (χ1) is 14.5. The Kier molecular flexibility index (Phi) is 6.91. The summed E-state index contributed by atoms with van der Waals surface area (Å²) in [6.45, 7) is 0. The normalized spacial score (nSPS) is 10.4. The van der Waals surface area contributed by atoms with Crippen LogP contribution in [-0.4, -0.2) is 23.9 Å². The van der Waals surface area contributed by atoms with Gasteiger partial charge in [-0.25, -0.2) is 5.43 Å². The Hall–Kier alpha value is -3.97. The van der Waals surface area contributed by atoms with Crippen LogP contribution in [0.15, 0.2) is 84.0 Å². The molecule has 0 saturated heterocycles. The fraction of sp³-hybridized carbons (Fsp3) is 0. The molecule has 3 rings (SSSR count). The van der Waals surface area contributed by atoms with Crippen LogP contribution in [-0.2, 0) is 9.59 Å². The summed E-state index contributed by atoms with van der Waals surface area (Å²) in [7, 11) is 0. The van der Waals surface area contributed by atoms with Crippen molar-refractivity contribution in [1.29, 1.82) is 0 Å². The first-order valence-corrected chi connectivity index (χ1v) is 9.26. The van der Waals surface area contributed by atoms with E-state index in [-0.39, 0.29) is 11.3 Å². The van der Waals surface area contributed by atoms with Crippen LogP contribution in [0.3, 0.4) is 0 Å². The minimum atomic E-state index is -0.963. The summed E-state index contributed by atoms with van der Waals surface area (Å²) >= 11 is 5.84. The highest BCUT2D eigenvalue weighted by atomic mass is 35.5. The molecular formula is C22H17ClN4O3. The van der Waals surface area contributed by atoms with E-state index in [4.69, 9.17) is 11.6 Å². The first kappa shape index (κ1) is 20.8. The van der Waals surface area contributed by atoms with E-state index in [1.165, 1.54) is 18.3 Å². The first-order valence-electron chi connectivity index (χ1n) is 8.88. The number of nitrogens with one attached hydrogen (secondary N) is 3. The van der Waals surface area contributed by atoms with Gasteiger partial charge >= 0.3 is 11.8 Å². The highest BCUT2D eigenvalue weighted by molar-refractivity contribution is 6.40. The third kappa shape index (κ3) is 5.76. The van der Waals surface area contributed by atoms with Crippen LogP contribution in [0.25, 0.3) is 0 Å². The van der Waals surface area contributed by atoms with Gasteiger partial charge in [-0.2, -0.15) is 5.10 Å². The Morgan fingerprint density at radius 1 is 0.767 bits per heavy atom. The molecule has 3 amide bonds. The Labute approximate surface area is 177 Å². The minimum absolute atomic E-state index is 0.191. The average molecular weight is 421 g/mol. The zero-order valence-electron chi connectivity index (χ0n) is 15.6. The molecule has 3 N–H and O–H groups in total. The van der Waals surface area contributed by atoms with Crippen molar-refractivity contribution in [2.75, 3.05) is 10.6 Å². The lowest BCUT2D eigenvalue weighted by molar-refractivity contribution is -0.136. The third-order valence-corrected chi connectivity index (χ3v) is 4.16. The van der Waals surface area contributed by atoms with Crippen molar-refractivity contribution in [3.63, 3.8) is 0 Å². The molecule has 0 aliphatic heterocycles. The molecular weight excluding hydrogens is 404 g/mol. The molecule has 7 nitrogen and oxygen atoms in total. The molecule has 30 heavy (non-hydrogen) atoms. The summed E-state index contributed by atoms with van der Waals surface area (Å²) in [5.41, 5.74) is 3.84. The third-order valence-electron chi connectivity index (χ3n) is 3.91. The summed E-state index contributed by atoms with van der Waals surface area (Å²) in [5, 5.41) is 9.43. The number of amides is 3. The lowest BCUT2D eigenvalue weighted by Gasteiger charge is -2.11. The van der Waals surface area contributed by atoms with Crippen LogP contribution < -0.4 is 16.1 Å². The highest BCUT2D eigenvalue weighted by Crippen LogP contribution is 2.19. The van der Waals surface area contributed by atoms with E-state index in [0.717, 1.165) is 5.56 Å². The highest BCUT2D eigenvalue weighted by Gasteiger charge is 2.17. The van der Waals surface area contributed by atoms with Gasteiger partial charge in [-0.3, -0.25) is 14.4 Å². The van der Waals surface area contributed by atoms with Crippen LogP contribution in [0, 0.1) is 0 Å². The largest absolute Gasteiger partial charge is 0.329 e. The molecule has 0 aromatic heterocycles. The van der Waals surface area contributed by atoms with Crippen LogP contribution in [0.5, 0.6) is 0 Å². The quantitative estimate of drug-likeness (QED) is 0.333. The molecule has 0 bridgehead atoms. The number of para-hydroxylation sites is 1. The number of nitrogens with zero attached hydrogens (tertiary/aromatic N) is 1. The van der Waals surface area contributed by atoms with Crippen LogP contribution in [0.4, 0.5) is 11.4 Å². The maximum atomic E-state index is 12.6. The number of hydrogen-bond acceptors (Lipinski definition) is 4. The smallest absolute Gasteiger partial charge is 0.322 e. The van der Waals surface area contributed by atoms with Crippen molar-refractivity contribution in [2.45, 2.75) is 0 Å². The second-order valence-electron chi connectivity index (χ2n) is 6.07. The topological polar surface area (TPSA) is 99.7 Å². The zero-order valence-corrected chi connectivity index (χ0v) is 16.4. The van der Waals surface area contributed by atoms with Crippen LogP contribution >= 0.6 is 11.6 Å². The van der Waals surface area contributed by atoms with E-state index in [1.807, 2.05) is 18.2 Å². The Bertz CT molecular complexity index is 1080. The Morgan fingerprint density at radius 3 is 2.17 bits per heavy atom. The second-order valence-corrected chi connectivity index (χ2v) is 6.51. The fourth-order valence-electron chi connectivity index (χ4n) is 2.46. The van der Waals surface area contributed by atoms with Crippen molar-refractivity contribution in [2.24, 2.45) is 5.10 Å². The Morgan fingerprint density at radius 2 is 1.43 bits per heavy atom. The summed E-state index contributed by atoms with van der Waals surface area (Å²) < 4.78 is 0. The Balaban J connectivity index is 1.64. The van der Waals surface area contributed by atoms with Crippen molar-refractivity contribution in [1.82, 2.24) is 5.43 Å². The predicted octanol–water partition coefficient (Wildman–Crippen LogP) is 3.68. The van der Waals surface area contributed by atoms with Gasteiger partial charge in [-0.15, -0.1) is 0 Å². The number of halogens is 1. The summed E-state index contributed by atoms with van der Waals surface area (Å²) in [5.74, 6) is -2.36. The molecule has 8 heteroatoms. The lowest BCUT2D eigenvalue weighted by atomic mass is 10.1. The maximum Gasteiger partial charge on any atom is 0.329 e. The van der Waals surface area contributed by atoms with Gasteiger partial charge in [0.15, 0.2) is 0 Å². The molecule has 0 unspecified atom stereocenters. The van der Waals surface area contributed by atoms with E-state index >= 15 is 0 Å². The zero-order chi connectivity index (χ0) is 21.3. The molecule has 3 aromatic rings. The van der Waals surface area contributed by atoms with E-state index in [1.54, 1.807) is 48.5 Å². The number of carbonyl (C=O) groups is 3. The van der Waals surface area contributed by atoms with E-state index in [2.05, 4.69) is 21.2 Å². The number of rotatable bonds is 5. The molecule has 0 aliphatic carbocycles. The second kappa shape index (κ2) is 9.99. The van der Waals surface area contributed by atoms with Gasteiger partial charge < -0.3 is 10.6 Å². The number of carbonyl (C=O) groups excluding carboxylic acids is 3. The van der Waals surface area contributed by atoms with Crippen molar-refractivity contribution in [3.8, 4) is 0 Å². The predicted molar refractivity (Wildman–Crippen MR) is 117 cm³/mol. The van der Waals surface area contributed by atoms with Crippen LogP contribution in [0.1, 0.15) is 15.9 Å². The molecule has 0 saturated carbocycles. The van der Waals surface area contributed by atoms with E-state index in [9.17, 15) is 14.4 Å². The number of benzene rings is 3. The minimum Gasteiger partial charge on any atom is -0.322 e. The summed E-state index contributed by atoms with van der Waals surface area (Å²) in [6.07, 6.45) is 1.42. The summed E-state index contributed by atoms with van der Waals surface area (Å²) in [6, 6.07) is 22.0. The van der Waals surface area contributed by atoms with Crippen molar-refractivity contribution >= 4 is 46.9 Å². The molecule has 0 fully saturated rings. The van der Waals surface area contributed by atoms with Gasteiger partial charge in [0.2, 0.25) is 0 Å². The van der Waals surface area contributed by atoms with Gasteiger partial charge in [-0.1, -0.05) is 54.1 Å². The lowest BCUT2D eigenvalue weighted by Crippen LogP contribution is -2.33. The monoisotopic (exact) mass is 420 g/mol. The number of hydrazone groups is 1. The van der Waals surface area contributed by atoms with Crippen molar-refractivity contribution < 1.29 is 14.4 Å². The fourth-order valence-corrected chi connectivity index (χ4v) is 2.58. The van der Waals surface area contributed by atoms with Gasteiger partial charge in [0.1, 0.15) is 0 Å². The SMILES string of the molecule is O=C(NN=Cc1ccccc1)C(=O)Nc1ccccc1C(=O)Nc1ccc(Cl)cc1. The van der Waals surface area contributed by atoms with Gasteiger partial charge in [0, 0.05) is 10.7 Å². The van der Waals surface area contributed by atoms with Crippen LogP contribution in [0.2, 0.25) is 5.02 Å². The van der Waals surface area contributed by atoms with E-state index in [0.29, 0.717) is 10.7 Å². The molecule has 0 heterocycles. The maximum absolute atomic E-state index is 12.6. The number of hydrogen-bond donors (Lipinski definition) is 3. The van der Waals surface area contributed by atoms with Crippen molar-refractivity contribution in [3.05, 3.63) is 95.0 Å². The molecule has 0 radical (unpaired) electrons. The molecule has 150 valence electrons. The summed E-state index contributed by atoms with van der Waals surface area (Å²) in [4.78, 5) is 36.8. The standard InChI is InChI=1S/C22H17ClN4O3/c23-16-10-12-17(13-11-16)25-20(28)18-8-4-5-9-19(18)26-21(29)22(30)27-24-14-15-6-2-1-3-7-15/h1-14H,(H,25,28)(H,26,29)(H,27,30).